The van der Waals surface area contributed by atoms with Crippen molar-refractivity contribution in [3.05, 3.63) is 135 Å². The van der Waals surface area contributed by atoms with Crippen LogP contribution < -0.4 is 16.4 Å². The lowest BCUT2D eigenvalue weighted by molar-refractivity contribution is -0.142. The third-order valence-corrected chi connectivity index (χ3v) is 9.38. The van der Waals surface area contributed by atoms with Crippen LogP contribution in [-0.4, -0.2) is 63.6 Å². The number of hydrogen-bond acceptors (Lipinski definition) is 6. The van der Waals surface area contributed by atoms with Gasteiger partial charge in [0.1, 0.15) is 11.8 Å². The number of hydrogen-bond donors (Lipinski definition) is 5. The van der Waals surface area contributed by atoms with E-state index in [4.69, 9.17) is 5.73 Å². The van der Waals surface area contributed by atoms with Crippen molar-refractivity contribution in [3.63, 3.8) is 0 Å². The minimum absolute atomic E-state index is 0.152. The molecule has 0 aliphatic carbocycles. The molecule has 4 atom stereocenters. The molecule has 3 unspecified atom stereocenters. The molecule has 10 heteroatoms. The highest BCUT2D eigenvalue weighted by Gasteiger charge is 2.34. The Balaban J connectivity index is 1.34. The van der Waals surface area contributed by atoms with Gasteiger partial charge >= 0.3 is 5.97 Å². The van der Waals surface area contributed by atoms with Gasteiger partial charge in [0.2, 0.25) is 11.8 Å². The maximum absolute atomic E-state index is 13.9. The van der Waals surface area contributed by atoms with Gasteiger partial charge in [0, 0.05) is 25.6 Å². The van der Waals surface area contributed by atoms with E-state index in [9.17, 15) is 24.6 Å². The lowest BCUT2D eigenvalue weighted by Crippen LogP contribution is -2.57. The monoisotopic (exact) mass is 746 g/mol. The summed E-state index contributed by atoms with van der Waals surface area (Å²) in [4.78, 5) is 41.6. The Morgan fingerprint density at radius 1 is 0.809 bits per heavy atom. The van der Waals surface area contributed by atoms with Crippen molar-refractivity contribution in [2.75, 3.05) is 6.54 Å². The fourth-order valence-electron chi connectivity index (χ4n) is 5.97. The van der Waals surface area contributed by atoms with Gasteiger partial charge in [-0.3, -0.25) is 9.59 Å². The number of rotatable bonds is 13. The van der Waals surface area contributed by atoms with Gasteiger partial charge in [0.05, 0.1) is 15.7 Å². The summed E-state index contributed by atoms with van der Waals surface area (Å²) in [6, 6.07) is 29.0. The number of carbonyl (C=O) groups is 3. The zero-order valence-electron chi connectivity index (χ0n) is 25.9. The highest BCUT2D eigenvalue weighted by molar-refractivity contribution is 14.1. The number of phenolic OH excluding ortho intramolecular Hbond substituents is 1. The summed E-state index contributed by atoms with van der Waals surface area (Å²) in [7, 11) is 0. The van der Waals surface area contributed by atoms with E-state index in [1.807, 2.05) is 108 Å². The van der Waals surface area contributed by atoms with Gasteiger partial charge in [-0.1, -0.05) is 91.0 Å². The number of phenols is 1. The molecule has 0 fully saturated rings. The minimum Gasteiger partial charge on any atom is -0.507 e. The Morgan fingerprint density at radius 3 is 2.02 bits per heavy atom. The second-order valence-electron chi connectivity index (χ2n) is 11.9. The van der Waals surface area contributed by atoms with Crippen molar-refractivity contribution >= 4 is 40.4 Å². The first kappa shape index (κ1) is 34.1. The maximum atomic E-state index is 13.9. The zero-order chi connectivity index (χ0) is 33.3. The quantitative estimate of drug-likeness (QED) is 0.131. The number of nitrogens with zero attached hydrogens (tertiary/aromatic N) is 1. The summed E-state index contributed by atoms with van der Waals surface area (Å²) < 4.78 is 0.686. The number of halogens is 1. The van der Waals surface area contributed by atoms with E-state index in [0.717, 1.165) is 27.8 Å². The van der Waals surface area contributed by atoms with Crippen LogP contribution in [0.5, 0.6) is 5.75 Å². The number of amides is 2. The molecular weight excluding hydrogens is 707 g/mol. The number of aromatic hydroxyl groups is 1. The van der Waals surface area contributed by atoms with E-state index < -0.39 is 30.0 Å². The van der Waals surface area contributed by atoms with E-state index in [1.54, 1.807) is 17.0 Å². The molecule has 0 saturated heterocycles. The third-order valence-electron chi connectivity index (χ3n) is 8.52. The number of carboxylic acids is 1. The van der Waals surface area contributed by atoms with E-state index in [-0.39, 0.29) is 24.1 Å². The average Bonchev–Trinajstić information content (AvgIpc) is 3.08. The van der Waals surface area contributed by atoms with Crippen LogP contribution in [0.3, 0.4) is 0 Å². The number of aliphatic carboxylic acids is 1. The molecule has 1 heterocycles. The molecule has 244 valence electrons. The maximum Gasteiger partial charge on any atom is 0.326 e. The number of nitrogens with one attached hydrogen (secondary N) is 2. The Labute approximate surface area is 288 Å². The van der Waals surface area contributed by atoms with Gasteiger partial charge in [-0.15, -0.1) is 0 Å². The van der Waals surface area contributed by atoms with Crippen LogP contribution in [0.4, 0.5) is 0 Å². The predicted octanol–water partition coefficient (Wildman–Crippen LogP) is 3.83. The summed E-state index contributed by atoms with van der Waals surface area (Å²) in [6.07, 6.45) is 1.37. The standard InChI is InChI=1S/C37H39IN4O5/c38-30-17-26(15-16-34(30)43)18-31(39)36(45)42-23-28-14-8-7-13-27(28)21-29(42)22-40-32(19-24-9-3-1-4-10-24)35(44)41-33(37(46)47)20-25-11-5-2-6-12-25/h1-17,29,31-33,40,43H,18-23,39H2,(H,41,44)(H,46,47)/t29-,31?,32?,33?/m0/s1. The first-order chi connectivity index (χ1) is 22.7. The predicted molar refractivity (Wildman–Crippen MR) is 189 cm³/mol. The Kier molecular flexibility index (Phi) is 11.6. The van der Waals surface area contributed by atoms with Crippen molar-refractivity contribution in [2.24, 2.45) is 5.73 Å². The number of fused-ring (bicyclic) bond motifs is 1. The van der Waals surface area contributed by atoms with Crippen molar-refractivity contribution < 1.29 is 24.6 Å². The largest absolute Gasteiger partial charge is 0.507 e. The number of nitrogens with two attached hydrogens (primary N) is 1. The normalized spacial score (nSPS) is 16.0. The Morgan fingerprint density at radius 2 is 1.40 bits per heavy atom. The van der Waals surface area contributed by atoms with Gasteiger partial charge in [-0.25, -0.2) is 4.79 Å². The van der Waals surface area contributed by atoms with Crippen LogP contribution in [0.2, 0.25) is 0 Å². The topological polar surface area (TPSA) is 145 Å². The van der Waals surface area contributed by atoms with Gasteiger partial charge in [0.25, 0.3) is 0 Å². The van der Waals surface area contributed by atoms with E-state index in [2.05, 4.69) is 16.7 Å². The first-order valence-electron chi connectivity index (χ1n) is 15.6. The van der Waals surface area contributed by atoms with Crippen molar-refractivity contribution in [3.8, 4) is 5.75 Å². The van der Waals surface area contributed by atoms with Gasteiger partial charge in [0.15, 0.2) is 0 Å². The highest BCUT2D eigenvalue weighted by Crippen LogP contribution is 2.25. The summed E-state index contributed by atoms with van der Waals surface area (Å²) in [5.74, 6) is -1.56. The van der Waals surface area contributed by atoms with Crippen LogP contribution >= 0.6 is 22.6 Å². The lowest BCUT2D eigenvalue weighted by atomic mass is 9.92. The average molecular weight is 747 g/mol. The molecule has 0 bridgehead atoms. The Bertz CT molecular complexity index is 1690. The summed E-state index contributed by atoms with van der Waals surface area (Å²) >= 11 is 2.05. The fourth-order valence-corrected chi connectivity index (χ4v) is 6.55. The number of carboxylic acid groups (broad SMARTS) is 1. The van der Waals surface area contributed by atoms with E-state index in [1.165, 1.54) is 0 Å². The van der Waals surface area contributed by atoms with E-state index >= 15 is 0 Å². The molecule has 1 aliphatic rings. The second-order valence-corrected chi connectivity index (χ2v) is 13.1. The lowest BCUT2D eigenvalue weighted by Gasteiger charge is -2.39. The van der Waals surface area contributed by atoms with Crippen molar-refractivity contribution in [1.82, 2.24) is 15.5 Å². The number of carbonyl (C=O) groups excluding carboxylic acids is 2. The Hall–Kier alpha value is -4.26. The highest BCUT2D eigenvalue weighted by atomic mass is 127. The fraction of sp³-hybridized carbons (Fsp3) is 0.270. The molecular formula is C37H39IN4O5. The van der Waals surface area contributed by atoms with Gasteiger partial charge in [-0.05, 0) is 81.8 Å². The molecule has 47 heavy (non-hydrogen) atoms. The zero-order valence-corrected chi connectivity index (χ0v) is 28.0. The van der Waals surface area contributed by atoms with Crippen molar-refractivity contribution in [2.45, 2.75) is 56.4 Å². The van der Waals surface area contributed by atoms with E-state index in [0.29, 0.717) is 35.9 Å². The summed E-state index contributed by atoms with van der Waals surface area (Å²) in [5, 5.41) is 26.0. The first-order valence-corrected chi connectivity index (χ1v) is 16.7. The summed E-state index contributed by atoms with van der Waals surface area (Å²) in [5.41, 5.74) is 11.3. The third kappa shape index (κ3) is 9.18. The van der Waals surface area contributed by atoms with Gasteiger partial charge < -0.3 is 31.5 Å². The molecule has 2 amide bonds. The molecule has 0 aromatic heterocycles. The van der Waals surface area contributed by atoms with Crippen molar-refractivity contribution in [1.29, 1.82) is 0 Å². The molecule has 4 aromatic carbocycles. The van der Waals surface area contributed by atoms with Crippen LogP contribution in [0.15, 0.2) is 103 Å². The SMILES string of the molecule is NC(Cc1ccc(O)c(I)c1)C(=O)N1Cc2ccccc2C[C@H]1CNC(Cc1ccccc1)C(=O)NC(Cc1ccccc1)C(=O)O. The van der Waals surface area contributed by atoms with Gasteiger partial charge in [-0.2, -0.15) is 0 Å². The number of benzene rings is 4. The molecule has 0 spiro atoms. The van der Waals surface area contributed by atoms with Crippen LogP contribution in [0.1, 0.15) is 27.8 Å². The molecule has 1 aliphatic heterocycles. The summed E-state index contributed by atoms with van der Waals surface area (Å²) in [6.45, 7) is 0.682. The van der Waals surface area contributed by atoms with Crippen LogP contribution in [0, 0.1) is 3.57 Å². The molecule has 6 N–H and O–H groups in total. The smallest absolute Gasteiger partial charge is 0.326 e. The molecule has 5 rings (SSSR count). The van der Waals surface area contributed by atoms with Crippen LogP contribution in [0.25, 0.3) is 0 Å². The van der Waals surface area contributed by atoms with Crippen LogP contribution in [-0.2, 0) is 46.6 Å². The molecule has 0 radical (unpaired) electrons. The molecule has 4 aromatic rings. The second kappa shape index (κ2) is 16.0. The molecule has 9 nitrogen and oxygen atoms in total. The minimum atomic E-state index is -1.11. The molecule has 0 saturated carbocycles.